The van der Waals surface area contributed by atoms with Crippen LogP contribution >= 0.6 is 0 Å². The van der Waals surface area contributed by atoms with E-state index in [1.807, 2.05) is 35.1 Å². The van der Waals surface area contributed by atoms with E-state index in [0.29, 0.717) is 25.9 Å². The van der Waals surface area contributed by atoms with Crippen molar-refractivity contribution in [2.45, 2.75) is 38.8 Å². The smallest absolute Gasteiger partial charge is 0.223 e. The van der Waals surface area contributed by atoms with Gasteiger partial charge in [-0.1, -0.05) is 48.5 Å². The number of aromatic nitrogens is 2. The van der Waals surface area contributed by atoms with Crippen LogP contribution in [0.2, 0.25) is 0 Å². The molecule has 2 N–H and O–H groups in total. The Bertz CT molecular complexity index is 1010. The third-order valence-electron chi connectivity index (χ3n) is 5.49. The van der Waals surface area contributed by atoms with Gasteiger partial charge in [-0.2, -0.15) is 5.10 Å². The third kappa shape index (κ3) is 6.04. The van der Waals surface area contributed by atoms with Crippen molar-refractivity contribution in [3.63, 3.8) is 0 Å². The molecule has 1 aromatic heterocycles. The summed E-state index contributed by atoms with van der Waals surface area (Å²) in [5.41, 5.74) is 4.51. The van der Waals surface area contributed by atoms with Gasteiger partial charge in [0.05, 0.1) is 6.54 Å². The predicted octanol–water partition coefficient (Wildman–Crippen LogP) is 3.52. The molecule has 160 valence electrons. The second-order valence-electron chi connectivity index (χ2n) is 8.00. The molecule has 0 saturated heterocycles. The van der Waals surface area contributed by atoms with Crippen molar-refractivity contribution in [3.8, 4) is 11.1 Å². The van der Waals surface area contributed by atoms with Crippen LogP contribution in [0.5, 0.6) is 0 Å². The first-order chi connectivity index (χ1) is 15.2. The molecule has 2 aromatic carbocycles. The molecular formula is C25H28N4O2. The second-order valence-corrected chi connectivity index (χ2v) is 8.00. The quantitative estimate of drug-likeness (QED) is 0.497. The van der Waals surface area contributed by atoms with E-state index in [9.17, 15) is 9.59 Å². The summed E-state index contributed by atoms with van der Waals surface area (Å²) in [5.74, 6) is 0.347. The number of hydrogen-bond acceptors (Lipinski definition) is 3. The van der Waals surface area contributed by atoms with Crippen LogP contribution < -0.4 is 10.6 Å². The summed E-state index contributed by atoms with van der Waals surface area (Å²) in [7, 11) is 0. The third-order valence-corrected chi connectivity index (χ3v) is 5.49. The Morgan fingerprint density at radius 1 is 1.00 bits per heavy atom. The normalized spacial score (nSPS) is 13.0. The van der Waals surface area contributed by atoms with Crippen LogP contribution in [-0.4, -0.2) is 28.1 Å². The van der Waals surface area contributed by atoms with Gasteiger partial charge in [0.1, 0.15) is 0 Å². The molecule has 0 unspecified atom stereocenters. The monoisotopic (exact) mass is 416 g/mol. The zero-order chi connectivity index (χ0) is 21.5. The molecule has 1 fully saturated rings. The highest BCUT2D eigenvalue weighted by Crippen LogP contribution is 2.28. The highest BCUT2D eigenvalue weighted by atomic mass is 16.2. The predicted molar refractivity (Wildman–Crippen MR) is 120 cm³/mol. The first-order valence-corrected chi connectivity index (χ1v) is 10.9. The largest absolute Gasteiger partial charge is 0.356 e. The van der Waals surface area contributed by atoms with Crippen LogP contribution in [-0.2, 0) is 22.7 Å². The molecule has 4 rings (SSSR count). The van der Waals surface area contributed by atoms with Crippen LogP contribution in [0.1, 0.15) is 36.8 Å². The molecule has 2 amide bonds. The van der Waals surface area contributed by atoms with Crippen LogP contribution in [0.3, 0.4) is 0 Å². The molecule has 1 saturated carbocycles. The summed E-state index contributed by atoms with van der Waals surface area (Å²) >= 11 is 0. The maximum Gasteiger partial charge on any atom is 0.223 e. The average Bonchev–Trinajstić information content (AvgIpc) is 3.53. The fourth-order valence-electron chi connectivity index (χ4n) is 3.56. The van der Waals surface area contributed by atoms with Gasteiger partial charge in [-0.25, -0.2) is 0 Å². The topological polar surface area (TPSA) is 76.0 Å². The molecule has 0 atom stereocenters. The van der Waals surface area contributed by atoms with E-state index < -0.39 is 0 Å². The Labute approximate surface area is 182 Å². The number of benzene rings is 2. The van der Waals surface area contributed by atoms with Gasteiger partial charge in [-0.3, -0.25) is 14.3 Å². The lowest BCUT2D eigenvalue weighted by Crippen LogP contribution is -2.28. The average molecular weight is 417 g/mol. The molecule has 31 heavy (non-hydrogen) atoms. The van der Waals surface area contributed by atoms with Crippen LogP contribution in [0.15, 0.2) is 67.0 Å². The van der Waals surface area contributed by atoms with Gasteiger partial charge in [-0.05, 0) is 47.6 Å². The molecule has 1 aliphatic rings. The Morgan fingerprint density at radius 2 is 1.81 bits per heavy atom. The Hall–Kier alpha value is -3.41. The number of carbonyl (C=O) groups excluding carboxylic acids is 2. The lowest BCUT2D eigenvalue weighted by molar-refractivity contribution is -0.123. The number of nitrogens with one attached hydrogen (secondary N) is 2. The van der Waals surface area contributed by atoms with Crippen molar-refractivity contribution in [1.82, 2.24) is 20.4 Å². The number of amides is 2. The van der Waals surface area contributed by atoms with Crippen molar-refractivity contribution in [2.75, 3.05) is 6.54 Å². The molecule has 6 heteroatoms. The summed E-state index contributed by atoms with van der Waals surface area (Å²) in [5, 5.41) is 10.2. The number of rotatable bonds is 10. The molecule has 6 nitrogen and oxygen atoms in total. The molecule has 0 radical (unpaired) electrons. The van der Waals surface area contributed by atoms with Gasteiger partial charge in [0, 0.05) is 37.8 Å². The lowest BCUT2D eigenvalue weighted by atomic mass is 9.98. The summed E-state index contributed by atoms with van der Waals surface area (Å²) in [4.78, 5) is 23.8. The summed E-state index contributed by atoms with van der Waals surface area (Å²) in [6, 6.07) is 18.5. The molecule has 1 aliphatic carbocycles. The van der Waals surface area contributed by atoms with E-state index in [1.165, 1.54) is 5.56 Å². The number of hydrogen-bond donors (Lipinski definition) is 2. The van der Waals surface area contributed by atoms with Crippen LogP contribution in [0, 0.1) is 5.92 Å². The standard InChI is InChI=1S/C25H28N4O2/c30-24(7-3-14-26-25(31)21-12-13-21)27-17-22-5-1-2-6-23(22)20-10-8-19(9-11-20)18-29-16-4-15-28-29/h1-2,4-6,8-11,15-16,21H,3,7,12-14,17-18H2,(H,26,31)(H,27,30). The SMILES string of the molecule is O=C(CCCNC(=O)C1CC1)NCc1ccccc1-c1ccc(Cn2cccn2)cc1. The highest BCUT2D eigenvalue weighted by Gasteiger charge is 2.28. The zero-order valence-corrected chi connectivity index (χ0v) is 17.6. The van der Waals surface area contributed by atoms with Gasteiger partial charge in [0.2, 0.25) is 11.8 Å². The highest BCUT2D eigenvalue weighted by molar-refractivity contribution is 5.81. The van der Waals surface area contributed by atoms with Crippen molar-refractivity contribution >= 4 is 11.8 Å². The molecule has 0 bridgehead atoms. The van der Waals surface area contributed by atoms with Gasteiger partial charge in [0.25, 0.3) is 0 Å². The Balaban J connectivity index is 1.28. The molecule has 0 aliphatic heterocycles. The van der Waals surface area contributed by atoms with Gasteiger partial charge < -0.3 is 10.6 Å². The van der Waals surface area contributed by atoms with Gasteiger partial charge >= 0.3 is 0 Å². The van der Waals surface area contributed by atoms with E-state index in [-0.39, 0.29) is 17.7 Å². The Kier molecular flexibility index (Phi) is 6.77. The minimum absolute atomic E-state index is 0.00467. The van der Waals surface area contributed by atoms with E-state index in [2.05, 4.69) is 46.1 Å². The van der Waals surface area contributed by atoms with E-state index in [4.69, 9.17) is 0 Å². The summed E-state index contributed by atoms with van der Waals surface area (Å²) < 4.78 is 1.90. The number of carbonyl (C=O) groups is 2. The molecule has 1 heterocycles. The maximum absolute atomic E-state index is 12.2. The van der Waals surface area contributed by atoms with Crippen molar-refractivity contribution in [2.24, 2.45) is 5.92 Å². The van der Waals surface area contributed by atoms with E-state index >= 15 is 0 Å². The van der Waals surface area contributed by atoms with Crippen LogP contribution in [0.25, 0.3) is 11.1 Å². The zero-order valence-electron chi connectivity index (χ0n) is 17.6. The maximum atomic E-state index is 12.2. The van der Waals surface area contributed by atoms with Crippen molar-refractivity contribution in [3.05, 3.63) is 78.1 Å². The van der Waals surface area contributed by atoms with Gasteiger partial charge in [0.15, 0.2) is 0 Å². The lowest BCUT2D eigenvalue weighted by Gasteiger charge is -2.12. The first-order valence-electron chi connectivity index (χ1n) is 10.9. The minimum Gasteiger partial charge on any atom is -0.356 e. The fourth-order valence-corrected chi connectivity index (χ4v) is 3.56. The molecular weight excluding hydrogens is 388 g/mol. The minimum atomic E-state index is 0.00467. The fraction of sp³-hybridized carbons (Fsp3) is 0.320. The summed E-state index contributed by atoms with van der Waals surface area (Å²) in [6.07, 6.45) is 6.80. The van der Waals surface area contributed by atoms with E-state index in [0.717, 1.165) is 36.1 Å². The molecule has 3 aromatic rings. The van der Waals surface area contributed by atoms with Crippen molar-refractivity contribution < 1.29 is 9.59 Å². The Morgan fingerprint density at radius 3 is 2.55 bits per heavy atom. The first kappa shape index (κ1) is 20.8. The van der Waals surface area contributed by atoms with Crippen LogP contribution in [0.4, 0.5) is 0 Å². The molecule has 0 spiro atoms. The summed E-state index contributed by atoms with van der Waals surface area (Å²) in [6.45, 7) is 1.79. The van der Waals surface area contributed by atoms with E-state index in [1.54, 1.807) is 6.20 Å². The second kappa shape index (κ2) is 10.1. The number of nitrogens with zero attached hydrogens (tertiary/aromatic N) is 2. The van der Waals surface area contributed by atoms with Gasteiger partial charge in [-0.15, -0.1) is 0 Å². The van der Waals surface area contributed by atoms with Crippen molar-refractivity contribution in [1.29, 1.82) is 0 Å².